The molecule has 0 aromatic heterocycles. The molecule has 3 nitrogen and oxygen atoms in total. The summed E-state index contributed by atoms with van der Waals surface area (Å²) in [4.78, 5) is 0. The smallest absolute Gasteiger partial charge is 0.189 e. The lowest BCUT2D eigenvalue weighted by Crippen LogP contribution is -2.17. The average Bonchev–Trinajstić information content (AvgIpc) is 2.31. The highest BCUT2D eigenvalue weighted by Gasteiger charge is 2.06. The van der Waals surface area contributed by atoms with Crippen LogP contribution in [0.25, 0.3) is 0 Å². The number of benzene rings is 1. The Bertz CT molecular complexity index is 339. The van der Waals surface area contributed by atoms with Crippen LogP contribution < -0.4 is 10.1 Å². The van der Waals surface area contributed by atoms with Gasteiger partial charge in [-0.25, -0.2) is 0 Å². The molecule has 17 heavy (non-hydrogen) atoms. The van der Waals surface area contributed by atoms with Crippen molar-refractivity contribution in [2.24, 2.45) is 0 Å². The van der Waals surface area contributed by atoms with Gasteiger partial charge in [0, 0.05) is 12.6 Å². The van der Waals surface area contributed by atoms with Crippen LogP contribution in [0.1, 0.15) is 37.9 Å². The second-order valence-corrected chi connectivity index (χ2v) is 4.06. The Kier molecular flexibility index (Phi) is 6.01. The standard InChI is InChI=1S/C14H23NO2/c1-5-15-12(4)13-7-8-14(11(3)9-13)17-10-16-6-2/h7-9,12,15H,5-6,10H2,1-4H3. The van der Waals surface area contributed by atoms with E-state index >= 15 is 0 Å². The average molecular weight is 237 g/mol. The van der Waals surface area contributed by atoms with Crippen LogP contribution in [0.15, 0.2) is 18.2 Å². The van der Waals surface area contributed by atoms with Gasteiger partial charge in [0.1, 0.15) is 5.75 Å². The maximum atomic E-state index is 5.53. The summed E-state index contributed by atoms with van der Waals surface area (Å²) in [5.41, 5.74) is 2.43. The molecule has 0 fully saturated rings. The summed E-state index contributed by atoms with van der Waals surface area (Å²) < 4.78 is 10.7. The van der Waals surface area contributed by atoms with Crippen LogP contribution in [-0.2, 0) is 4.74 Å². The number of aryl methyl sites for hydroxylation is 1. The Morgan fingerprint density at radius 1 is 1.29 bits per heavy atom. The fraction of sp³-hybridized carbons (Fsp3) is 0.571. The Morgan fingerprint density at radius 2 is 2.06 bits per heavy atom. The van der Waals surface area contributed by atoms with Gasteiger partial charge in [-0.15, -0.1) is 0 Å². The lowest BCUT2D eigenvalue weighted by Gasteiger charge is -2.15. The van der Waals surface area contributed by atoms with Crippen LogP contribution in [0.4, 0.5) is 0 Å². The number of hydrogen-bond donors (Lipinski definition) is 1. The van der Waals surface area contributed by atoms with Gasteiger partial charge in [-0.3, -0.25) is 0 Å². The Labute approximate surface area is 104 Å². The van der Waals surface area contributed by atoms with Gasteiger partial charge in [-0.1, -0.05) is 19.1 Å². The second kappa shape index (κ2) is 7.30. The van der Waals surface area contributed by atoms with Gasteiger partial charge < -0.3 is 14.8 Å². The molecule has 0 aliphatic heterocycles. The van der Waals surface area contributed by atoms with Crippen molar-refractivity contribution in [3.8, 4) is 5.75 Å². The highest BCUT2D eigenvalue weighted by Crippen LogP contribution is 2.22. The molecule has 1 rings (SSSR count). The zero-order valence-electron chi connectivity index (χ0n) is 11.2. The van der Waals surface area contributed by atoms with Crippen molar-refractivity contribution in [3.05, 3.63) is 29.3 Å². The third-order valence-corrected chi connectivity index (χ3v) is 2.71. The van der Waals surface area contributed by atoms with E-state index in [1.165, 1.54) is 5.56 Å². The molecule has 0 saturated carbocycles. The third-order valence-electron chi connectivity index (χ3n) is 2.71. The van der Waals surface area contributed by atoms with Crippen LogP contribution >= 0.6 is 0 Å². The molecule has 1 unspecified atom stereocenters. The molecule has 0 aliphatic rings. The fourth-order valence-electron chi connectivity index (χ4n) is 1.72. The molecule has 1 atom stereocenters. The maximum Gasteiger partial charge on any atom is 0.189 e. The first-order valence-electron chi connectivity index (χ1n) is 6.23. The van der Waals surface area contributed by atoms with E-state index in [0.717, 1.165) is 17.9 Å². The SMILES string of the molecule is CCNC(C)c1ccc(OCOCC)c(C)c1. The largest absolute Gasteiger partial charge is 0.467 e. The molecule has 3 heteroatoms. The van der Waals surface area contributed by atoms with Crippen LogP contribution in [0.3, 0.4) is 0 Å². The molecule has 0 heterocycles. The molecule has 0 bridgehead atoms. The minimum absolute atomic E-state index is 0.319. The normalized spacial score (nSPS) is 12.5. The summed E-state index contributed by atoms with van der Waals surface area (Å²) in [7, 11) is 0. The third kappa shape index (κ3) is 4.36. The monoisotopic (exact) mass is 237 g/mol. The highest BCUT2D eigenvalue weighted by atomic mass is 16.7. The molecule has 0 aliphatic carbocycles. The van der Waals surface area contributed by atoms with Gasteiger partial charge >= 0.3 is 0 Å². The van der Waals surface area contributed by atoms with Crippen LogP contribution in [-0.4, -0.2) is 19.9 Å². The first-order chi connectivity index (χ1) is 8.19. The highest BCUT2D eigenvalue weighted by molar-refractivity contribution is 5.37. The Morgan fingerprint density at radius 3 is 2.65 bits per heavy atom. The van der Waals surface area contributed by atoms with Gasteiger partial charge in [-0.05, 0) is 44.5 Å². The predicted molar refractivity (Wildman–Crippen MR) is 70.4 cm³/mol. The summed E-state index contributed by atoms with van der Waals surface area (Å²) >= 11 is 0. The van der Waals surface area contributed by atoms with E-state index in [-0.39, 0.29) is 0 Å². The number of hydrogen-bond acceptors (Lipinski definition) is 3. The number of nitrogens with one attached hydrogen (secondary N) is 1. The van der Waals surface area contributed by atoms with Crippen LogP contribution in [0.5, 0.6) is 5.75 Å². The van der Waals surface area contributed by atoms with Crippen molar-refractivity contribution in [1.82, 2.24) is 5.32 Å². The molecule has 0 amide bonds. The zero-order valence-corrected chi connectivity index (χ0v) is 11.2. The van der Waals surface area contributed by atoms with Gasteiger partial charge in [-0.2, -0.15) is 0 Å². The van der Waals surface area contributed by atoms with E-state index in [1.54, 1.807) is 0 Å². The summed E-state index contributed by atoms with van der Waals surface area (Å²) in [6, 6.07) is 6.65. The van der Waals surface area contributed by atoms with Crippen LogP contribution in [0, 0.1) is 6.92 Å². The molecule has 96 valence electrons. The first-order valence-corrected chi connectivity index (χ1v) is 6.23. The summed E-state index contributed by atoms with van der Waals surface area (Å²) in [5.74, 6) is 0.894. The maximum absolute atomic E-state index is 5.53. The van der Waals surface area contributed by atoms with Crippen molar-refractivity contribution in [1.29, 1.82) is 0 Å². The van der Waals surface area contributed by atoms with Crippen molar-refractivity contribution in [2.45, 2.75) is 33.7 Å². The lowest BCUT2D eigenvalue weighted by molar-refractivity contribution is 0.0220. The molecule has 0 saturated heterocycles. The van der Waals surface area contributed by atoms with Gasteiger partial charge in [0.2, 0.25) is 0 Å². The van der Waals surface area contributed by atoms with Crippen LogP contribution in [0.2, 0.25) is 0 Å². The van der Waals surface area contributed by atoms with Gasteiger partial charge in [0.25, 0.3) is 0 Å². The molecule has 1 aromatic carbocycles. The van der Waals surface area contributed by atoms with Crippen molar-refractivity contribution < 1.29 is 9.47 Å². The van der Waals surface area contributed by atoms with E-state index in [9.17, 15) is 0 Å². The fourth-order valence-corrected chi connectivity index (χ4v) is 1.72. The van der Waals surface area contributed by atoms with Gasteiger partial charge in [0.05, 0.1) is 0 Å². The molecule has 0 spiro atoms. The molecule has 1 N–H and O–H groups in total. The topological polar surface area (TPSA) is 30.5 Å². The van der Waals surface area contributed by atoms with Crippen molar-refractivity contribution in [2.75, 3.05) is 19.9 Å². The Balaban J connectivity index is 2.65. The van der Waals surface area contributed by atoms with Gasteiger partial charge in [0.15, 0.2) is 6.79 Å². The van der Waals surface area contributed by atoms with E-state index in [0.29, 0.717) is 19.4 Å². The predicted octanol–water partition coefficient (Wildman–Crippen LogP) is 3.04. The summed E-state index contributed by atoms with van der Waals surface area (Å²) in [5, 5.41) is 3.40. The van der Waals surface area contributed by atoms with Crippen molar-refractivity contribution in [3.63, 3.8) is 0 Å². The zero-order chi connectivity index (χ0) is 12.7. The minimum atomic E-state index is 0.319. The first kappa shape index (κ1) is 14.0. The van der Waals surface area contributed by atoms with E-state index < -0.39 is 0 Å². The molecular formula is C14H23NO2. The van der Waals surface area contributed by atoms with E-state index in [2.05, 4.69) is 38.2 Å². The molecular weight excluding hydrogens is 214 g/mol. The number of rotatable bonds is 7. The second-order valence-electron chi connectivity index (χ2n) is 4.06. The minimum Gasteiger partial charge on any atom is -0.467 e. The lowest BCUT2D eigenvalue weighted by atomic mass is 10.1. The Hall–Kier alpha value is -1.06. The quantitative estimate of drug-likeness (QED) is 0.584. The van der Waals surface area contributed by atoms with E-state index in [4.69, 9.17) is 9.47 Å². The molecule has 0 radical (unpaired) electrons. The summed E-state index contributed by atoms with van der Waals surface area (Å²) in [6.45, 7) is 10.3. The summed E-state index contributed by atoms with van der Waals surface area (Å²) in [6.07, 6.45) is 0. The number of ether oxygens (including phenoxy) is 2. The van der Waals surface area contributed by atoms with Crippen molar-refractivity contribution >= 4 is 0 Å². The molecule has 1 aromatic rings. The van der Waals surface area contributed by atoms with E-state index in [1.807, 2.05) is 13.0 Å².